The second-order valence-corrected chi connectivity index (χ2v) is 4.72. The Kier molecular flexibility index (Phi) is 5.70. The van der Waals surface area contributed by atoms with E-state index in [-0.39, 0.29) is 0 Å². The van der Waals surface area contributed by atoms with Crippen molar-refractivity contribution in [2.75, 3.05) is 6.54 Å². The molecule has 0 fully saturated rings. The minimum absolute atomic E-state index is 0.353. The van der Waals surface area contributed by atoms with Gasteiger partial charge in [-0.05, 0) is 43.0 Å². The molecular weight excluding hydrogens is 214 g/mol. The van der Waals surface area contributed by atoms with Gasteiger partial charge in [-0.1, -0.05) is 26.0 Å². The van der Waals surface area contributed by atoms with Gasteiger partial charge in [0, 0.05) is 6.54 Å². The molecule has 0 radical (unpaired) electrons. The maximum absolute atomic E-state index is 10.8. The fourth-order valence-electron chi connectivity index (χ4n) is 1.68. The minimum atomic E-state index is -0.869. The van der Waals surface area contributed by atoms with Crippen molar-refractivity contribution >= 4 is 5.97 Å². The highest BCUT2D eigenvalue weighted by Crippen LogP contribution is 2.06. The van der Waals surface area contributed by atoms with E-state index in [1.54, 1.807) is 18.2 Å². The molecule has 0 bridgehead atoms. The predicted molar refractivity (Wildman–Crippen MR) is 69.2 cm³/mol. The molecule has 0 spiro atoms. The molecule has 0 amide bonds. The zero-order valence-electron chi connectivity index (χ0n) is 10.6. The molecule has 0 aliphatic carbocycles. The number of benzene rings is 1. The number of carboxylic acids is 1. The van der Waals surface area contributed by atoms with Gasteiger partial charge in [0.25, 0.3) is 0 Å². The Morgan fingerprint density at radius 1 is 1.41 bits per heavy atom. The number of nitrogens with one attached hydrogen (secondary N) is 1. The number of carboxylic acid groups (broad SMARTS) is 1. The molecule has 0 saturated carbocycles. The topological polar surface area (TPSA) is 49.3 Å². The molecule has 0 unspecified atom stereocenters. The SMILES string of the molecule is CC(C)CCCNCc1cccc(C(=O)O)c1. The highest BCUT2D eigenvalue weighted by atomic mass is 16.4. The fourth-order valence-corrected chi connectivity index (χ4v) is 1.68. The molecule has 0 atom stereocenters. The molecule has 3 heteroatoms. The van der Waals surface area contributed by atoms with Crippen molar-refractivity contribution in [3.63, 3.8) is 0 Å². The third kappa shape index (κ3) is 5.50. The monoisotopic (exact) mass is 235 g/mol. The highest BCUT2D eigenvalue weighted by molar-refractivity contribution is 5.87. The molecular formula is C14H21NO2. The van der Waals surface area contributed by atoms with E-state index in [0.29, 0.717) is 5.56 Å². The Labute approximate surface area is 103 Å². The van der Waals surface area contributed by atoms with Gasteiger partial charge >= 0.3 is 5.97 Å². The van der Waals surface area contributed by atoms with Crippen LogP contribution in [0.5, 0.6) is 0 Å². The summed E-state index contributed by atoms with van der Waals surface area (Å²) < 4.78 is 0. The first-order valence-electron chi connectivity index (χ1n) is 6.12. The number of hydrogen-bond acceptors (Lipinski definition) is 2. The van der Waals surface area contributed by atoms with Crippen LogP contribution in [0, 0.1) is 5.92 Å². The van der Waals surface area contributed by atoms with E-state index >= 15 is 0 Å². The van der Waals surface area contributed by atoms with E-state index in [2.05, 4.69) is 19.2 Å². The van der Waals surface area contributed by atoms with Crippen LogP contribution in [0.4, 0.5) is 0 Å². The number of aromatic carboxylic acids is 1. The number of rotatable bonds is 7. The summed E-state index contributed by atoms with van der Waals surface area (Å²) in [6.45, 7) is 6.15. The summed E-state index contributed by atoms with van der Waals surface area (Å²) in [6, 6.07) is 7.07. The van der Waals surface area contributed by atoms with E-state index in [1.165, 1.54) is 6.42 Å². The van der Waals surface area contributed by atoms with Gasteiger partial charge in [0.05, 0.1) is 5.56 Å². The molecule has 2 N–H and O–H groups in total. The molecule has 17 heavy (non-hydrogen) atoms. The van der Waals surface area contributed by atoms with Crippen LogP contribution in [0.2, 0.25) is 0 Å². The van der Waals surface area contributed by atoms with Gasteiger partial charge < -0.3 is 10.4 Å². The summed E-state index contributed by atoms with van der Waals surface area (Å²) in [5, 5.41) is 12.2. The van der Waals surface area contributed by atoms with Crippen molar-refractivity contribution < 1.29 is 9.90 Å². The van der Waals surface area contributed by atoms with Gasteiger partial charge in [-0.15, -0.1) is 0 Å². The summed E-state index contributed by atoms with van der Waals surface area (Å²) in [4.78, 5) is 10.8. The zero-order chi connectivity index (χ0) is 12.7. The first-order chi connectivity index (χ1) is 8.09. The van der Waals surface area contributed by atoms with Crippen molar-refractivity contribution in [3.8, 4) is 0 Å². The van der Waals surface area contributed by atoms with Crippen LogP contribution < -0.4 is 5.32 Å². The summed E-state index contributed by atoms with van der Waals surface area (Å²) in [6.07, 6.45) is 2.39. The minimum Gasteiger partial charge on any atom is -0.478 e. The van der Waals surface area contributed by atoms with Crippen LogP contribution in [0.1, 0.15) is 42.6 Å². The average molecular weight is 235 g/mol. The van der Waals surface area contributed by atoms with Crippen molar-refractivity contribution in [1.29, 1.82) is 0 Å². The van der Waals surface area contributed by atoms with E-state index in [9.17, 15) is 4.79 Å². The van der Waals surface area contributed by atoms with Gasteiger partial charge in [0.1, 0.15) is 0 Å². The normalized spacial score (nSPS) is 10.8. The Morgan fingerprint density at radius 3 is 2.82 bits per heavy atom. The van der Waals surface area contributed by atoms with Crippen LogP contribution in [-0.2, 0) is 6.54 Å². The third-order valence-corrected chi connectivity index (χ3v) is 2.64. The zero-order valence-corrected chi connectivity index (χ0v) is 10.6. The molecule has 1 rings (SSSR count). The molecule has 94 valence electrons. The molecule has 3 nitrogen and oxygen atoms in total. The van der Waals surface area contributed by atoms with Crippen LogP contribution in [0.25, 0.3) is 0 Å². The van der Waals surface area contributed by atoms with Gasteiger partial charge in [-0.2, -0.15) is 0 Å². The predicted octanol–water partition coefficient (Wildman–Crippen LogP) is 2.91. The maximum Gasteiger partial charge on any atom is 0.335 e. The lowest BCUT2D eigenvalue weighted by Crippen LogP contribution is -2.15. The van der Waals surface area contributed by atoms with Gasteiger partial charge in [0.2, 0.25) is 0 Å². The number of carbonyl (C=O) groups is 1. The Hall–Kier alpha value is -1.35. The van der Waals surface area contributed by atoms with E-state index in [0.717, 1.165) is 31.0 Å². The van der Waals surface area contributed by atoms with Crippen molar-refractivity contribution in [2.45, 2.75) is 33.2 Å². The number of hydrogen-bond donors (Lipinski definition) is 2. The largest absolute Gasteiger partial charge is 0.478 e. The lowest BCUT2D eigenvalue weighted by Gasteiger charge is -2.07. The average Bonchev–Trinajstić information content (AvgIpc) is 2.28. The molecule has 0 aromatic heterocycles. The Balaban J connectivity index is 2.31. The summed E-state index contributed by atoms with van der Waals surface area (Å²) in [5.41, 5.74) is 1.38. The van der Waals surface area contributed by atoms with Gasteiger partial charge in [-0.3, -0.25) is 0 Å². The first-order valence-corrected chi connectivity index (χ1v) is 6.12. The lowest BCUT2D eigenvalue weighted by molar-refractivity contribution is 0.0696. The lowest BCUT2D eigenvalue weighted by atomic mass is 10.1. The molecule has 0 saturated heterocycles. The van der Waals surface area contributed by atoms with Crippen LogP contribution in [0.15, 0.2) is 24.3 Å². The van der Waals surface area contributed by atoms with Crippen LogP contribution >= 0.6 is 0 Å². The molecule has 1 aromatic rings. The van der Waals surface area contributed by atoms with Gasteiger partial charge in [-0.25, -0.2) is 4.79 Å². The van der Waals surface area contributed by atoms with Crippen molar-refractivity contribution in [1.82, 2.24) is 5.32 Å². The van der Waals surface area contributed by atoms with Crippen LogP contribution in [-0.4, -0.2) is 17.6 Å². The Morgan fingerprint density at radius 2 is 2.18 bits per heavy atom. The van der Waals surface area contributed by atoms with E-state index in [4.69, 9.17) is 5.11 Å². The standard InChI is InChI=1S/C14H21NO2/c1-11(2)5-4-8-15-10-12-6-3-7-13(9-12)14(16)17/h3,6-7,9,11,15H,4-5,8,10H2,1-2H3,(H,16,17). The maximum atomic E-state index is 10.8. The first kappa shape index (κ1) is 13.7. The second-order valence-electron chi connectivity index (χ2n) is 4.72. The smallest absolute Gasteiger partial charge is 0.335 e. The Bertz CT molecular complexity index is 361. The van der Waals surface area contributed by atoms with E-state index < -0.39 is 5.97 Å². The molecule has 1 aromatic carbocycles. The molecule has 0 aliphatic heterocycles. The molecule has 0 heterocycles. The third-order valence-electron chi connectivity index (χ3n) is 2.64. The fraction of sp³-hybridized carbons (Fsp3) is 0.500. The summed E-state index contributed by atoms with van der Waals surface area (Å²) >= 11 is 0. The van der Waals surface area contributed by atoms with Crippen LogP contribution in [0.3, 0.4) is 0 Å². The highest BCUT2D eigenvalue weighted by Gasteiger charge is 2.02. The second kappa shape index (κ2) is 7.07. The molecule has 0 aliphatic rings. The quantitative estimate of drug-likeness (QED) is 0.714. The summed E-state index contributed by atoms with van der Waals surface area (Å²) in [5.74, 6) is -0.126. The summed E-state index contributed by atoms with van der Waals surface area (Å²) in [7, 11) is 0. The van der Waals surface area contributed by atoms with Crippen molar-refractivity contribution in [3.05, 3.63) is 35.4 Å². The van der Waals surface area contributed by atoms with E-state index in [1.807, 2.05) is 6.07 Å². The van der Waals surface area contributed by atoms with Crippen molar-refractivity contribution in [2.24, 2.45) is 5.92 Å². The van der Waals surface area contributed by atoms with Gasteiger partial charge in [0.15, 0.2) is 0 Å².